The van der Waals surface area contributed by atoms with Crippen LogP contribution in [0.1, 0.15) is 15.9 Å². The molecule has 1 amide bonds. The molecule has 122 valence electrons. The molecule has 0 unspecified atom stereocenters. The van der Waals surface area contributed by atoms with Gasteiger partial charge < -0.3 is 15.0 Å². The van der Waals surface area contributed by atoms with Crippen LogP contribution in [0.2, 0.25) is 5.02 Å². The molecule has 0 fully saturated rings. The van der Waals surface area contributed by atoms with E-state index in [1.807, 2.05) is 49.3 Å². The summed E-state index contributed by atoms with van der Waals surface area (Å²) in [4.78, 5) is 14.3. The van der Waals surface area contributed by atoms with E-state index >= 15 is 0 Å². The van der Waals surface area contributed by atoms with Crippen LogP contribution in [-0.2, 0) is 6.61 Å². The van der Waals surface area contributed by atoms with Crippen LogP contribution in [-0.4, -0.2) is 38.0 Å². The summed E-state index contributed by atoms with van der Waals surface area (Å²) in [5, 5.41) is 3.39. The van der Waals surface area contributed by atoms with E-state index in [4.69, 9.17) is 16.3 Å². The zero-order valence-corrected chi connectivity index (χ0v) is 14.1. The van der Waals surface area contributed by atoms with Crippen LogP contribution in [0.25, 0.3) is 0 Å². The first kappa shape index (κ1) is 17.3. The van der Waals surface area contributed by atoms with Gasteiger partial charge in [-0.15, -0.1) is 0 Å². The fourth-order valence-electron chi connectivity index (χ4n) is 2.03. The van der Waals surface area contributed by atoms with Gasteiger partial charge in [-0.25, -0.2) is 0 Å². The molecule has 0 atom stereocenters. The Morgan fingerprint density at radius 2 is 1.91 bits per heavy atom. The molecule has 0 aliphatic heterocycles. The van der Waals surface area contributed by atoms with Crippen LogP contribution in [0.3, 0.4) is 0 Å². The zero-order chi connectivity index (χ0) is 16.7. The Morgan fingerprint density at radius 1 is 1.17 bits per heavy atom. The summed E-state index contributed by atoms with van der Waals surface area (Å²) in [6, 6.07) is 14.9. The van der Waals surface area contributed by atoms with Gasteiger partial charge in [0.1, 0.15) is 12.4 Å². The lowest BCUT2D eigenvalue weighted by molar-refractivity contribution is 0.0946. The van der Waals surface area contributed by atoms with Gasteiger partial charge in [0.15, 0.2) is 0 Å². The molecule has 0 radical (unpaired) electrons. The number of ether oxygens (including phenoxy) is 1. The average Bonchev–Trinajstić information content (AvgIpc) is 2.54. The molecule has 2 rings (SSSR count). The Morgan fingerprint density at radius 3 is 2.61 bits per heavy atom. The van der Waals surface area contributed by atoms with E-state index in [0.717, 1.165) is 12.1 Å². The molecule has 0 aromatic heterocycles. The fraction of sp³-hybridized carbons (Fsp3) is 0.278. The number of rotatable bonds is 7. The molecule has 0 spiro atoms. The fourth-order valence-corrected chi connectivity index (χ4v) is 2.20. The number of nitrogens with one attached hydrogen (secondary N) is 1. The van der Waals surface area contributed by atoms with Crippen LogP contribution < -0.4 is 10.1 Å². The molecule has 0 saturated carbocycles. The third kappa shape index (κ3) is 5.58. The van der Waals surface area contributed by atoms with Gasteiger partial charge in [0.25, 0.3) is 5.91 Å². The maximum atomic E-state index is 12.3. The number of nitrogens with zero attached hydrogens (tertiary/aromatic N) is 1. The Hall–Kier alpha value is -2.04. The van der Waals surface area contributed by atoms with Crippen molar-refractivity contribution in [3.63, 3.8) is 0 Å². The highest BCUT2D eigenvalue weighted by atomic mass is 35.5. The smallest absolute Gasteiger partial charge is 0.255 e. The standard InChI is InChI=1S/C18H21ClN2O2/c1-21(2)11-10-20-18(22)16-12-15(19)8-9-17(16)23-13-14-6-4-3-5-7-14/h3-9,12H,10-11,13H2,1-2H3,(H,20,22). The zero-order valence-electron chi connectivity index (χ0n) is 13.4. The number of hydrogen-bond donors (Lipinski definition) is 1. The molecule has 1 N–H and O–H groups in total. The van der Waals surface area contributed by atoms with Gasteiger partial charge in [0, 0.05) is 18.1 Å². The molecule has 23 heavy (non-hydrogen) atoms. The Bertz CT molecular complexity index is 645. The summed E-state index contributed by atoms with van der Waals surface area (Å²) in [5.74, 6) is 0.345. The van der Waals surface area contributed by atoms with E-state index in [0.29, 0.717) is 29.5 Å². The van der Waals surface area contributed by atoms with Gasteiger partial charge in [0.2, 0.25) is 0 Å². The van der Waals surface area contributed by atoms with Crippen molar-refractivity contribution in [3.8, 4) is 5.75 Å². The van der Waals surface area contributed by atoms with Crippen LogP contribution >= 0.6 is 11.6 Å². The molecule has 2 aromatic carbocycles. The molecule has 4 nitrogen and oxygen atoms in total. The maximum absolute atomic E-state index is 12.3. The van der Waals surface area contributed by atoms with E-state index in [1.165, 1.54) is 0 Å². The van der Waals surface area contributed by atoms with Crippen LogP contribution in [0.15, 0.2) is 48.5 Å². The van der Waals surface area contributed by atoms with Crippen molar-refractivity contribution < 1.29 is 9.53 Å². The topological polar surface area (TPSA) is 41.6 Å². The monoisotopic (exact) mass is 332 g/mol. The number of hydrogen-bond acceptors (Lipinski definition) is 3. The van der Waals surface area contributed by atoms with Crippen LogP contribution in [0.5, 0.6) is 5.75 Å². The number of carbonyl (C=O) groups excluding carboxylic acids is 1. The quantitative estimate of drug-likeness (QED) is 0.846. The minimum absolute atomic E-state index is 0.183. The molecular weight excluding hydrogens is 312 g/mol. The molecule has 2 aromatic rings. The predicted molar refractivity (Wildman–Crippen MR) is 93.1 cm³/mol. The predicted octanol–water partition coefficient (Wildman–Crippen LogP) is 3.21. The molecule has 5 heteroatoms. The van der Waals surface area contributed by atoms with E-state index < -0.39 is 0 Å². The molecule has 0 aliphatic rings. The van der Waals surface area contributed by atoms with Crippen molar-refractivity contribution in [1.82, 2.24) is 10.2 Å². The average molecular weight is 333 g/mol. The van der Waals surface area contributed by atoms with E-state index in [1.54, 1.807) is 18.2 Å². The second-order valence-electron chi connectivity index (χ2n) is 5.47. The lowest BCUT2D eigenvalue weighted by Gasteiger charge is -2.14. The lowest BCUT2D eigenvalue weighted by atomic mass is 10.2. The number of halogens is 1. The second kappa shape index (κ2) is 8.56. The Labute approximate surface area is 142 Å². The first-order valence-electron chi connectivity index (χ1n) is 7.45. The normalized spacial score (nSPS) is 10.6. The third-order valence-electron chi connectivity index (χ3n) is 3.27. The van der Waals surface area contributed by atoms with Crippen LogP contribution in [0.4, 0.5) is 0 Å². The highest BCUT2D eigenvalue weighted by molar-refractivity contribution is 6.31. The van der Waals surface area contributed by atoms with Gasteiger partial charge >= 0.3 is 0 Å². The highest BCUT2D eigenvalue weighted by Gasteiger charge is 2.13. The minimum atomic E-state index is -0.183. The van der Waals surface area contributed by atoms with Gasteiger partial charge in [-0.05, 0) is 37.9 Å². The Balaban J connectivity index is 2.05. The largest absolute Gasteiger partial charge is 0.488 e. The first-order valence-corrected chi connectivity index (χ1v) is 7.83. The highest BCUT2D eigenvalue weighted by Crippen LogP contribution is 2.24. The molecule has 0 heterocycles. The summed E-state index contributed by atoms with van der Waals surface area (Å²) >= 11 is 6.02. The van der Waals surface area contributed by atoms with Gasteiger partial charge in [-0.1, -0.05) is 41.9 Å². The molecule has 0 saturated heterocycles. The number of likely N-dealkylation sites (N-methyl/N-ethyl adjacent to an activating group) is 1. The second-order valence-corrected chi connectivity index (χ2v) is 5.91. The summed E-state index contributed by atoms with van der Waals surface area (Å²) in [5.41, 5.74) is 1.49. The van der Waals surface area contributed by atoms with Crippen molar-refractivity contribution in [2.75, 3.05) is 27.2 Å². The van der Waals surface area contributed by atoms with E-state index in [2.05, 4.69) is 5.32 Å². The van der Waals surface area contributed by atoms with E-state index in [-0.39, 0.29) is 5.91 Å². The van der Waals surface area contributed by atoms with Crippen molar-refractivity contribution in [2.45, 2.75) is 6.61 Å². The van der Waals surface area contributed by atoms with Crippen molar-refractivity contribution in [2.24, 2.45) is 0 Å². The van der Waals surface area contributed by atoms with Gasteiger partial charge in [0.05, 0.1) is 5.56 Å². The maximum Gasteiger partial charge on any atom is 0.255 e. The number of carbonyl (C=O) groups is 1. The number of benzene rings is 2. The summed E-state index contributed by atoms with van der Waals surface area (Å²) < 4.78 is 5.80. The molecular formula is C18H21ClN2O2. The molecule has 0 aliphatic carbocycles. The lowest BCUT2D eigenvalue weighted by Crippen LogP contribution is -2.31. The summed E-state index contributed by atoms with van der Waals surface area (Å²) in [6.07, 6.45) is 0. The first-order chi connectivity index (χ1) is 11.1. The summed E-state index contributed by atoms with van der Waals surface area (Å²) in [7, 11) is 3.92. The Kier molecular flexibility index (Phi) is 6.44. The summed E-state index contributed by atoms with van der Waals surface area (Å²) in [6.45, 7) is 1.74. The van der Waals surface area contributed by atoms with Crippen molar-refractivity contribution in [1.29, 1.82) is 0 Å². The number of amides is 1. The van der Waals surface area contributed by atoms with Crippen molar-refractivity contribution in [3.05, 3.63) is 64.7 Å². The minimum Gasteiger partial charge on any atom is -0.488 e. The third-order valence-corrected chi connectivity index (χ3v) is 3.50. The van der Waals surface area contributed by atoms with E-state index in [9.17, 15) is 4.79 Å². The van der Waals surface area contributed by atoms with Crippen molar-refractivity contribution >= 4 is 17.5 Å². The van der Waals surface area contributed by atoms with Gasteiger partial charge in [-0.3, -0.25) is 4.79 Å². The van der Waals surface area contributed by atoms with Crippen LogP contribution in [0, 0.1) is 0 Å². The molecule has 0 bridgehead atoms. The SMILES string of the molecule is CN(C)CCNC(=O)c1cc(Cl)ccc1OCc1ccccc1. The van der Waals surface area contributed by atoms with Gasteiger partial charge in [-0.2, -0.15) is 0 Å².